The highest BCUT2D eigenvalue weighted by Gasteiger charge is 2.06. The molecular formula is C13H19NO2. The van der Waals surface area contributed by atoms with Crippen molar-refractivity contribution in [2.75, 3.05) is 13.6 Å². The monoisotopic (exact) mass is 221 g/mol. The Morgan fingerprint density at radius 3 is 2.69 bits per heavy atom. The van der Waals surface area contributed by atoms with E-state index in [1.807, 2.05) is 19.2 Å². The third-order valence-electron chi connectivity index (χ3n) is 2.48. The molecule has 1 aromatic carbocycles. The zero-order chi connectivity index (χ0) is 12.1. The highest BCUT2D eigenvalue weighted by molar-refractivity contribution is 5.69. The van der Waals surface area contributed by atoms with Gasteiger partial charge in [0, 0.05) is 6.54 Å². The number of aliphatic carboxylic acids is 1. The maximum Gasteiger partial charge on any atom is 0.317 e. The maximum absolute atomic E-state index is 10.5. The summed E-state index contributed by atoms with van der Waals surface area (Å²) in [5.41, 5.74) is 2.45. The van der Waals surface area contributed by atoms with Gasteiger partial charge in [-0.3, -0.25) is 9.69 Å². The van der Waals surface area contributed by atoms with Gasteiger partial charge in [0.1, 0.15) is 0 Å². The van der Waals surface area contributed by atoms with Crippen LogP contribution in [0.5, 0.6) is 0 Å². The first kappa shape index (κ1) is 12.7. The molecule has 0 saturated heterocycles. The molecule has 1 aromatic rings. The van der Waals surface area contributed by atoms with Crippen molar-refractivity contribution >= 4 is 5.97 Å². The first-order valence-electron chi connectivity index (χ1n) is 5.48. The van der Waals surface area contributed by atoms with Crippen molar-refractivity contribution in [1.29, 1.82) is 0 Å². The SMILES string of the molecule is CC(C)c1cccc(CN(C)CC(=O)O)c1. The first-order chi connectivity index (χ1) is 7.49. The van der Waals surface area contributed by atoms with E-state index < -0.39 is 5.97 Å². The minimum absolute atomic E-state index is 0.0753. The Bertz CT molecular complexity index is 361. The van der Waals surface area contributed by atoms with Gasteiger partial charge in [-0.25, -0.2) is 0 Å². The van der Waals surface area contributed by atoms with Crippen molar-refractivity contribution in [3.63, 3.8) is 0 Å². The highest BCUT2D eigenvalue weighted by Crippen LogP contribution is 2.16. The molecule has 0 bridgehead atoms. The molecule has 0 aliphatic rings. The molecule has 0 fully saturated rings. The van der Waals surface area contributed by atoms with E-state index in [2.05, 4.69) is 26.0 Å². The number of hydrogen-bond donors (Lipinski definition) is 1. The minimum Gasteiger partial charge on any atom is -0.480 e. The van der Waals surface area contributed by atoms with Crippen molar-refractivity contribution in [3.05, 3.63) is 35.4 Å². The Hall–Kier alpha value is -1.35. The normalized spacial score (nSPS) is 11.1. The Morgan fingerprint density at radius 1 is 1.44 bits per heavy atom. The van der Waals surface area contributed by atoms with Gasteiger partial charge in [0.2, 0.25) is 0 Å². The molecule has 0 unspecified atom stereocenters. The molecule has 0 saturated carbocycles. The largest absolute Gasteiger partial charge is 0.480 e. The summed E-state index contributed by atoms with van der Waals surface area (Å²) in [4.78, 5) is 12.3. The number of benzene rings is 1. The van der Waals surface area contributed by atoms with Gasteiger partial charge in [-0.2, -0.15) is 0 Å². The van der Waals surface area contributed by atoms with E-state index in [1.165, 1.54) is 5.56 Å². The Kier molecular flexibility index (Phi) is 4.50. The van der Waals surface area contributed by atoms with E-state index in [0.717, 1.165) is 5.56 Å². The third-order valence-corrected chi connectivity index (χ3v) is 2.48. The van der Waals surface area contributed by atoms with Crippen LogP contribution in [0.4, 0.5) is 0 Å². The maximum atomic E-state index is 10.5. The molecular weight excluding hydrogens is 202 g/mol. The smallest absolute Gasteiger partial charge is 0.317 e. The van der Waals surface area contributed by atoms with Crippen LogP contribution in [0.3, 0.4) is 0 Å². The molecule has 3 heteroatoms. The fraction of sp³-hybridized carbons (Fsp3) is 0.462. The molecule has 0 amide bonds. The lowest BCUT2D eigenvalue weighted by molar-refractivity contribution is -0.138. The van der Waals surface area contributed by atoms with Crippen molar-refractivity contribution in [2.45, 2.75) is 26.3 Å². The lowest BCUT2D eigenvalue weighted by Gasteiger charge is -2.15. The molecule has 0 radical (unpaired) electrons. The number of hydrogen-bond acceptors (Lipinski definition) is 2. The summed E-state index contributed by atoms with van der Waals surface area (Å²) < 4.78 is 0. The van der Waals surface area contributed by atoms with Crippen LogP contribution in [0.25, 0.3) is 0 Å². The molecule has 16 heavy (non-hydrogen) atoms. The van der Waals surface area contributed by atoms with Crippen LogP contribution in [0.15, 0.2) is 24.3 Å². The topological polar surface area (TPSA) is 40.5 Å². The first-order valence-corrected chi connectivity index (χ1v) is 5.48. The fourth-order valence-corrected chi connectivity index (χ4v) is 1.65. The lowest BCUT2D eigenvalue weighted by atomic mass is 10.0. The molecule has 0 spiro atoms. The van der Waals surface area contributed by atoms with Gasteiger partial charge in [-0.15, -0.1) is 0 Å². The summed E-state index contributed by atoms with van der Waals surface area (Å²) in [6.07, 6.45) is 0. The number of nitrogens with zero attached hydrogens (tertiary/aromatic N) is 1. The summed E-state index contributed by atoms with van der Waals surface area (Å²) in [5.74, 6) is -0.285. The predicted octanol–water partition coefficient (Wildman–Crippen LogP) is 2.33. The molecule has 0 aromatic heterocycles. The molecule has 0 aliphatic heterocycles. The van der Waals surface area contributed by atoms with Crippen LogP contribution in [0.1, 0.15) is 30.9 Å². The van der Waals surface area contributed by atoms with Crippen molar-refractivity contribution in [2.24, 2.45) is 0 Å². The second kappa shape index (κ2) is 5.66. The van der Waals surface area contributed by atoms with Gasteiger partial charge in [-0.1, -0.05) is 38.1 Å². The number of carbonyl (C=O) groups is 1. The average molecular weight is 221 g/mol. The number of carboxylic acid groups (broad SMARTS) is 1. The summed E-state index contributed by atoms with van der Waals surface area (Å²) in [6, 6.07) is 8.30. The van der Waals surface area contributed by atoms with Gasteiger partial charge >= 0.3 is 5.97 Å². The molecule has 88 valence electrons. The van der Waals surface area contributed by atoms with Crippen LogP contribution in [0.2, 0.25) is 0 Å². The number of rotatable bonds is 5. The van der Waals surface area contributed by atoms with Crippen LogP contribution >= 0.6 is 0 Å². The summed E-state index contributed by atoms with van der Waals surface area (Å²) in [6.45, 7) is 5.05. The molecule has 3 nitrogen and oxygen atoms in total. The lowest BCUT2D eigenvalue weighted by Crippen LogP contribution is -2.25. The quantitative estimate of drug-likeness (QED) is 0.829. The second-order valence-corrected chi connectivity index (χ2v) is 4.47. The van der Waals surface area contributed by atoms with Crippen LogP contribution < -0.4 is 0 Å². The highest BCUT2D eigenvalue weighted by atomic mass is 16.4. The molecule has 1 N–H and O–H groups in total. The van der Waals surface area contributed by atoms with E-state index in [1.54, 1.807) is 4.90 Å². The fourth-order valence-electron chi connectivity index (χ4n) is 1.65. The van der Waals surface area contributed by atoms with E-state index in [4.69, 9.17) is 5.11 Å². The van der Waals surface area contributed by atoms with Crippen molar-refractivity contribution in [3.8, 4) is 0 Å². The summed E-state index contributed by atoms with van der Waals surface area (Å²) in [7, 11) is 1.82. The second-order valence-electron chi connectivity index (χ2n) is 4.47. The molecule has 1 rings (SSSR count). The molecule has 0 aliphatic carbocycles. The zero-order valence-corrected chi connectivity index (χ0v) is 10.1. The van der Waals surface area contributed by atoms with Crippen molar-refractivity contribution < 1.29 is 9.90 Å². The van der Waals surface area contributed by atoms with Crippen LogP contribution in [0, 0.1) is 0 Å². The van der Waals surface area contributed by atoms with Crippen LogP contribution in [-0.2, 0) is 11.3 Å². The standard InChI is InChI=1S/C13H19NO2/c1-10(2)12-6-4-5-11(7-12)8-14(3)9-13(15)16/h4-7,10H,8-9H2,1-3H3,(H,15,16). The average Bonchev–Trinajstić information content (AvgIpc) is 2.16. The van der Waals surface area contributed by atoms with Gasteiger partial charge in [0.05, 0.1) is 6.54 Å². The number of likely N-dealkylation sites (N-methyl/N-ethyl adjacent to an activating group) is 1. The predicted molar refractivity (Wildman–Crippen MR) is 64.5 cm³/mol. The van der Waals surface area contributed by atoms with Gasteiger partial charge < -0.3 is 5.11 Å². The van der Waals surface area contributed by atoms with E-state index >= 15 is 0 Å². The van der Waals surface area contributed by atoms with Gasteiger partial charge in [0.15, 0.2) is 0 Å². The molecule has 0 atom stereocenters. The Balaban J connectivity index is 2.66. The van der Waals surface area contributed by atoms with E-state index in [0.29, 0.717) is 12.5 Å². The molecule has 0 heterocycles. The minimum atomic E-state index is -0.789. The number of carboxylic acids is 1. The summed E-state index contributed by atoms with van der Waals surface area (Å²) >= 11 is 0. The van der Waals surface area contributed by atoms with Gasteiger partial charge in [-0.05, 0) is 24.1 Å². The van der Waals surface area contributed by atoms with Crippen LogP contribution in [-0.4, -0.2) is 29.6 Å². The summed E-state index contributed by atoms with van der Waals surface area (Å²) in [5, 5.41) is 8.66. The Labute approximate surface area is 96.7 Å². The van der Waals surface area contributed by atoms with Gasteiger partial charge in [0.25, 0.3) is 0 Å². The van der Waals surface area contributed by atoms with E-state index in [-0.39, 0.29) is 6.54 Å². The zero-order valence-electron chi connectivity index (χ0n) is 10.1. The Morgan fingerprint density at radius 2 is 2.12 bits per heavy atom. The third kappa shape index (κ3) is 4.03. The van der Waals surface area contributed by atoms with Crippen molar-refractivity contribution in [1.82, 2.24) is 4.90 Å². The van der Waals surface area contributed by atoms with E-state index in [9.17, 15) is 4.79 Å².